The molecule has 188 valence electrons. The van der Waals surface area contributed by atoms with Crippen LogP contribution >= 0.6 is 0 Å². The lowest BCUT2D eigenvalue weighted by Gasteiger charge is -2.34. The number of ether oxygens (including phenoxy) is 3. The number of aromatic nitrogens is 1. The van der Waals surface area contributed by atoms with Crippen LogP contribution in [0.4, 0.5) is 22.0 Å². The van der Waals surface area contributed by atoms with Crippen LogP contribution in [0.1, 0.15) is 44.7 Å². The van der Waals surface area contributed by atoms with Crippen molar-refractivity contribution in [2.45, 2.75) is 51.4 Å². The second kappa shape index (κ2) is 9.29. The second-order valence-electron chi connectivity index (χ2n) is 10.3. The number of rotatable bonds is 2. The van der Waals surface area contributed by atoms with Gasteiger partial charge in [-0.3, -0.25) is 0 Å². The van der Waals surface area contributed by atoms with Gasteiger partial charge < -0.3 is 29.5 Å². The molecule has 5 rings (SSSR count). The van der Waals surface area contributed by atoms with E-state index in [0.717, 1.165) is 43.0 Å². The van der Waals surface area contributed by atoms with Crippen molar-refractivity contribution in [3.05, 3.63) is 41.6 Å². The summed E-state index contributed by atoms with van der Waals surface area (Å²) < 4.78 is 17.6. The molecule has 0 unspecified atom stereocenters. The van der Waals surface area contributed by atoms with Crippen LogP contribution in [-0.2, 0) is 21.7 Å². The number of piperidine rings is 1. The lowest BCUT2D eigenvalue weighted by Crippen LogP contribution is -2.40. The molecule has 0 spiro atoms. The summed E-state index contributed by atoms with van der Waals surface area (Å²) in [5.74, 6) is 1.03. The maximum atomic E-state index is 13.6. The maximum absolute atomic E-state index is 13.6. The van der Waals surface area contributed by atoms with Crippen LogP contribution < -0.4 is 19.9 Å². The molecule has 1 amide bonds. The van der Waals surface area contributed by atoms with Gasteiger partial charge in [0, 0.05) is 25.0 Å². The number of carbonyl (C=O) groups is 1. The van der Waals surface area contributed by atoms with Gasteiger partial charge in [0.15, 0.2) is 5.82 Å². The molecular formula is C26H34N4O5. The number of anilines is 3. The van der Waals surface area contributed by atoms with E-state index >= 15 is 0 Å². The zero-order chi connectivity index (χ0) is 24.6. The van der Waals surface area contributed by atoms with Crippen molar-refractivity contribution < 1.29 is 24.1 Å². The summed E-state index contributed by atoms with van der Waals surface area (Å²) in [6.07, 6.45) is 2.37. The summed E-state index contributed by atoms with van der Waals surface area (Å²) in [4.78, 5) is 22.0. The van der Waals surface area contributed by atoms with Crippen molar-refractivity contribution in [3.8, 4) is 5.75 Å². The molecule has 9 nitrogen and oxygen atoms in total. The highest BCUT2D eigenvalue weighted by Gasteiger charge is 2.37. The number of amides is 1. The predicted octanol–water partition coefficient (Wildman–Crippen LogP) is 3.45. The fourth-order valence-electron chi connectivity index (χ4n) is 4.89. The number of fused-ring (bicyclic) bond motifs is 2. The minimum atomic E-state index is -0.974. The number of morpholine rings is 1. The Kier molecular flexibility index (Phi) is 6.33. The molecule has 0 aliphatic carbocycles. The van der Waals surface area contributed by atoms with Crippen molar-refractivity contribution in [1.29, 1.82) is 0 Å². The molecule has 2 fully saturated rings. The number of hydrogen-bond donors (Lipinski definition) is 2. The monoisotopic (exact) mass is 482 g/mol. The molecule has 3 aliphatic rings. The summed E-state index contributed by atoms with van der Waals surface area (Å²) in [5.41, 5.74) is 1.39. The Balaban J connectivity index is 1.63. The summed E-state index contributed by atoms with van der Waals surface area (Å²) in [6.45, 7) is 10.0. The van der Waals surface area contributed by atoms with Crippen molar-refractivity contribution in [1.82, 2.24) is 10.3 Å². The van der Waals surface area contributed by atoms with Crippen LogP contribution in [0.2, 0.25) is 0 Å². The van der Waals surface area contributed by atoms with Crippen LogP contribution in [0.5, 0.6) is 5.75 Å². The van der Waals surface area contributed by atoms with Gasteiger partial charge >= 0.3 is 6.09 Å². The normalized spacial score (nSPS) is 19.8. The van der Waals surface area contributed by atoms with Crippen LogP contribution in [0.3, 0.4) is 0 Å². The fraction of sp³-hybridized carbons (Fsp3) is 0.538. The van der Waals surface area contributed by atoms with Crippen molar-refractivity contribution in [2.75, 3.05) is 49.2 Å². The number of benzene rings is 1. The quantitative estimate of drug-likeness (QED) is 0.672. The third kappa shape index (κ3) is 4.80. The van der Waals surface area contributed by atoms with Crippen LogP contribution in [0.15, 0.2) is 30.5 Å². The summed E-state index contributed by atoms with van der Waals surface area (Å²) in [6, 6.07) is 7.54. The van der Waals surface area contributed by atoms with Crippen LogP contribution in [0.25, 0.3) is 0 Å². The SMILES string of the molecule is CC(C)(C)OC(=O)N1c2cc(C3(O)CCNCC3)ccc2OCc2c(N3CCOCC3)ccnc21. The van der Waals surface area contributed by atoms with Gasteiger partial charge in [-0.15, -0.1) is 0 Å². The molecule has 0 atom stereocenters. The predicted molar refractivity (Wildman–Crippen MR) is 132 cm³/mol. The van der Waals surface area contributed by atoms with Gasteiger partial charge in [0.2, 0.25) is 0 Å². The van der Waals surface area contributed by atoms with Crippen LogP contribution in [-0.4, -0.2) is 61.2 Å². The lowest BCUT2D eigenvalue weighted by molar-refractivity contribution is 0.00589. The molecule has 2 aromatic rings. The average molecular weight is 483 g/mol. The Morgan fingerprint density at radius 3 is 2.60 bits per heavy atom. The standard InChI is InChI=1S/C26H34N4O5/c1-25(2,3)35-24(31)30-21-16-18(26(32)7-10-27-11-8-26)4-5-22(21)34-17-19-20(6-9-28-23(19)30)29-12-14-33-15-13-29/h4-6,9,16,27,32H,7-8,10-15,17H2,1-3H3. The molecular weight excluding hydrogens is 448 g/mol. The second-order valence-corrected chi connectivity index (χ2v) is 10.3. The Bertz CT molecular complexity index is 1090. The summed E-state index contributed by atoms with van der Waals surface area (Å²) in [5, 5.41) is 14.7. The first-order chi connectivity index (χ1) is 16.8. The number of nitrogens with zero attached hydrogens (tertiary/aromatic N) is 3. The zero-order valence-corrected chi connectivity index (χ0v) is 20.7. The topological polar surface area (TPSA) is 96.4 Å². The molecule has 9 heteroatoms. The van der Waals surface area contributed by atoms with Crippen molar-refractivity contribution in [2.24, 2.45) is 0 Å². The molecule has 35 heavy (non-hydrogen) atoms. The van der Waals surface area contributed by atoms with E-state index in [-0.39, 0.29) is 6.61 Å². The van der Waals surface area contributed by atoms with Gasteiger partial charge in [-0.25, -0.2) is 14.7 Å². The molecule has 0 bridgehead atoms. The lowest BCUT2D eigenvalue weighted by atomic mass is 9.85. The third-order valence-electron chi connectivity index (χ3n) is 6.69. The van der Waals surface area contributed by atoms with Gasteiger partial charge in [0.1, 0.15) is 18.0 Å². The average Bonchev–Trinajstić information content (AvgIpc) is 3.00. The zero-order valence-electron chi connectivity index (χ0n) is 20.7. The largest absolute Gasteiger partial charge is 0.486 e. The van der Waals surface area contributed by atoms with E-state index in [2.05, 4.69) is 15.2 Å². The van der Waals surface area contributed by atoms with E-state index in [1.165, 1.54) is 4.90 Å². The van der Waals surface area contributed by atoms with E-state index in [1.807, 2.05) is 45.0 Å². The Morgan fingerprint density at radius 2 is 1.89 bits per heavy atom. The highest BCUT2D eigenvalue weighted by molar-refractivity contribution is 5.99. The first-order valence-electron chi connectivity index (χ1n) is 12.3. The molecule has 3 aliphatic heterocycles. The Morgan fingerprint density at radius 1 is 1.14 bits per heavy atom. The number of aliphatic hydroxyl groups is 1. The number of nitrogens with one attached hydrogen (secondary N) is 1. The van der Waals surface area contributed by atoms with E-state index in [0.29, 0.717) is 43.3 Å². The van der Waals surface area contributed by atoms with E-state index < -0.39 is 17.3 Å². The minimum Gasteiger partial charge on any atom is -0.486 e. The number of hydrogen-bond acceptors (Lipinski definition) is 8. The Hall–Kier alpha value is -2.88. The first kappa shape index (κ1) is 23.8. The molecule has 2 saturated heterocycles. The number of pyridine rings is 1. The minimum absolute atomic E-state index is 0.260. The van der Waals surface area contributed by atoms with Crippen LogP contribution in [0, 0.1) is 0 Å². The highest BCUT2D eigenvalue weighted by atomic mass is 16.6. The Labute approximate surface area is 206 Å². The van der Waals surface area contributed by atoms with E-state index in [4.69, 9.17) is 14.2 Å². The fourth-order valence-corrected chi connectivity index (χ4v) is 4.89. The van der Waals surface area contributed by atoms with Gasteiger partial charge in [0.05, 0.1) is 30.1 Å². The highest BCUT2D eigenvalue weighted by Crippen LogP contribution is 2.44. The van der Waals surface area contributed by atoms with Gasteiger partial charge in [-0.05, 0) is 70.5 Å². The third-order valence-corrected chi connectivity index (χ3v) is 6.69. The maximum Gasteiger partial charge on any atom is 0.420 e. The first-order valence-corrected chi connectivity index (χ1v) is 12.3. The molecule has 2 N–H and O–H groups in total. The van der Waals surface area contributed by atoms with Crippen molar-refractivity contribution in [3.63, 3.8) is 0 Å². The molecule has 0 radical (unpaired) electrons. The smallest absolute Gasteiger partial charge is 0.420 e. The van der Waals surface area contributed by atoms with Crippen molar-refractivity contribution >= 4 is 23.3 Å². The molecule has 0 saturated carbocycles. The van der Waals surface area contributed by atoms with E-state index in [1.54, 1.807) is 6.20 Å². The number of carbonyl (C=O) groups excluding carboxylic acids is 1. The van der Waals surface area contributed by atoms with Gasteiger partial charge in [0.25, 0.3) is 0 Å². The van der Waals surface area contributed by atoms with E-state index in [9.17, 15) is 9.90 Å². The molecule has 1 aromatic carbocycles. The van der Waals surface area contributed by atoms with Gasteiger partial charge in [-0.1, -0.05) is 6.07 Å². The van der Waals surface area contributed by atoms with Gasteiger partial charge in [-0.2, -0.15) is 0 Å². The molecule has 1 aromatic heterocycles. The summed E-state index contributed by atoms with van der Waals surface area (Å²) >= 11 is 0. The molecule has 4 heterocycles. The summed E-state index contributed by atoms with van der Waals surface area (Å²) in [7, 11) is 0.